The molecule has 0 fully saturated rings. The fourth-order valence-corrected chi connectivity index (χ4v) is 2.60. The van der Waals surface area contributed by atoms with Gasteiger partial charge in [-0.2, -0.15) is 5.10 Å². The zero-order valence-electron chi connectivity index (χ0n) is 10.4. The first-order chi connectivity index (χ1) is 9.08. The molecule has 0 aliphatic rings. The van der Waals surface area contributed by atoms with E-state index in [-0.39, 0.29) is 0 Å². The Morgan fingerprint density at radius 3 is 2.42 bits per heavy atom. The van der Waals surface area contributed by atoms with Gasteiger partial charge in [0.25, 0.3) is 0 Å². The van der Waals surface area contributed by atoms with Gasteiger partial charge < -0.3 is 11.5 Å². The van der Waals surface area contributed by atoms with Gasteiger partial charge in [-0.25, -0.2) is 0 Å². The Morgan fingerprint density at radius 1 is 1.05 bits per heavy atom. The van der Waals surface area contributed by atoms with E-state index in [0.717, 1.165) is 27.7 Å². The van der Waals surface area contributed by atoms with Gasteiger partial charge in [0.2, 0.25) is 0 Å². The van der Waals surface area contributed by atoms with E-state index in [9.17, 15) is 0 Å². The normalized spacial score (nSPS) is 11.1. The molecule has 4 N–H and O–H groups in total. The molecule has 3 aromatic rings. The Hall–Kier alpha value is -2.20. The topological polar surface area (TPSA) is 69.9 Å². The number of hydrogen-bond acceptors (Lipinski definition) is 3. The Bertz CT molecular complexity index is 759. The van der Waals surface area contributed by atoms with E-state index in [4.69, 9.17) is 23.1 Å². The Balaban J connectivity index is 2.28. The molecule has 1 aromatic heterocycles. The second-order valence-corrected chi connectivity index (χ2v) is 4.83. The summed E-state index contributed by atoms with van der Waals surface area (Å²) in [6, 6.07) is 11.5. The van der Waals surface area contributed by atoms with E-state index >= 15 is 0 Å². The lowest BCUT2D eigenvalue weighted by atomic mass is 10.0. The summed E-state index contributed by atoms with van der Waals surface area (Å²) in [5.41, 5.74) is 15.2. The SMILES string of the molecule is Cn1nc(N)c2c(Cl)c(-c3ccc(N)cc3)ccc21. The lowest BCUT2D eigenvalue weighted by molar-refractivity contribution is 0.802. The largest absolute Gasteiger partial charge is 0.399 e. The fourth-order valence-electron chi connectivity index (χ4n) is 2.23. The molecule has 4 nitrogen and oxygen atoms in total. The van der Waals surface area contributed by atoms with Crippen LogP contribution in [0.1, 0.15) is 0 Å². The fraction of sp³-hybridized carbons (Fsp3) is 0.0714. The van der Waals surface area contributed by atoms with Crippen LogP contribution < -0.4 is 11.5 Å². The summed E-state index contributed by atoms with van der Waals surface area (Å²) in [5, 5.41) is 5.60. The van der Waals surface area contributed by atoms with Crippen molar-refractivity contribution in [1.82, 2.24) is 9.78 Å². The first kappa shape index (κ1) is 11.9. The van der Waals surface area contributed by atoms with E-state index in [2.05, 4.69) is 5.10 Å². The molecule has 5 heteroatoms. The van der Waals surface area contributed by atoms with Crippen LogP contribution in [0.15, 0.2) is 36.4 Å². The summed E-state index contributed by atoms with van der Waals surface area (Å²) < 4.78 is 1.73. The summed E-state index contributed by atoms with van der Waals surface area (Å²) in [7, 11) is 1.85. The molecule has 0 atom stereocenters. The highest BCUT2D eigenvalue weighted by Gasteiger charge is 2.13. The first-order valence-electron chi connectivity index (χ1n) is 5.84. The highest BCUT2D eigenvalue weighted by atomic mass is 35.5. The molecule has 0 aliphatic carbocycles. The molecule has 1 heterocycles. The van der Waals surface area contributed by atoms with Crippen molar-refractivity contribution in [2.24, 2.45) is 7.05 Å². The van der Waals surface area contributed by atoms with Crippen molar-refractivity contribution in [1.29, 1.82) is 0 Å². The van der Waals surface area contributed by atoms with Gasteiger partial charge in [0.05, 0.1) is 15.9 Å². The highest BCUT2D eigenvalue weighted by molar-refractivity contribution is 6.39. The molecule has 0 spiro atoms. The van der Waals surface area contributed by atoms with Gasteiger partial charge >= 0.3 is 0 Å². The number of benzene rings is 2. The van der Waals surface area contributed by atoms with E-state index < -0.39 is 0 Å². The first-order valence-corrected chi connectivity index (χ1v) is 6.22. The Kier molecular flexibility index (Phi) is 2.61. The number of nitrogens with two attached hydrogens (primary N) is 2. The van der Waals surface area contributed by atoms with Crippen molar-refractivity contribution >= 4 is 34.0 Å². The van der Waals surface area contributed by atoms with Crippen LogP contribution in [0, 0.1) is 0 Å². The van der Waals surface area contributed by atoms with Gasteiger partial charge in [-0.1, -0.05) is 29.8 Å². The number of halogens is 1. The number of hydrogen-bond donors (Lipinski definition) is 2. The summed E-state index contributed by atoms with van der Waals surface area (Å²) in [6.45, 7) is 0. The van der Waals surface area contributed by atoms with Crippen LogP contribution in [0.4, 0.5) is 11.5 Å². The maximum Gasteiger partial charge on any atom is 0.154 e. The lowest BCUT2D eigenvalue weighted by Gasteiger charge is -2.06. The van der Waals surface area contributed by atoms with E-state index in [1.54, 1.807) is 4.68 Å². The smallest absolute Gasteiger partial charge is 0.154 e. The molecular formula is C14H13ClN4. The molecule has 0 saturated heterocycles. The van der Waals surface area contributed by atoms with Gasteiger partial charge in [0, 0.05) is 18.3 Å². The molecule has 19 heavy (non-hydrogen) atoms. The predicted octanol–water partition coefficient (Wildman–Crippen LogP) is 3.06. The van der Waals surface area contributed by atoms with Gasteiger partial charge in [0.15, 0.2) is 5.82 Å². The number of nitrogen functional groups attached to an aromatic ring is 2. The van der Waals surface area contributed by atoms with Crippen molar-refractivity contribution in [3.05, 3.63) is 41.4 Å². The zero-order valence-corrected chi connectivity index (χ0v) is 11.1. The Morgan fingerprint density at radius 2 is 1.74 bits per heavy atom. The third-order valence-electron chi connectivity index (χ3n) is 3.20. The molecule has 0 bridgehead atoms. The summed E-state index contributed by atoms with van der Waals surface area (Å²) in [5.74, 6) is 0.444. The predicted molar refractivity (Wildman–Crippen MR) is 80.0 cm³/mol. The molecular weight excluding hydrogens is 260 g/mol. The highest BCUT2D eigenvalue weighted by Crippen LogP contribution is 2.36. The molecule has 3 rings (SSSR count). The third kappa shape index (κ3) is 1.81. The van der Waals surface area contributed by atoms with Crippen LogP contribution in [0.3, 0.4) is 0 Å². The van der Waals surface area contributed by atoms with Crippen LogP contribution in [0.25, 0.3) is 22.0 Å². The zero-order chi connectivity index (χ0) is 13.6. The number of anilines is 2. The van der Waals surface area contributed by atoms with Crippen LogP contribution in [-0.2, 0) is 7.05 Å². The molecule has 0 radical (unpaired) electrons. The van der Waals surface area contributed by atoms with Crippen molar-refractivity contribution in [3.8, 4) is 11.1 Å². The molecule has 0 aliphatic heterocycles. The average molecular weight is 273 g/mol. The maximum absolute atomic E-state index is 6.47. The third-order valence-corrected chi connectivity index (χ3v) is 3.60. The second kappa shape index (κ2) is 4.17. The van der Waals surface area contributed by atoms with E-state index in [0.29, 0.717) is 10.8 Å². The molecule has 0 unspecified atom stereocenters. The average Bonchev–Trinajstić information content (AvgIpc) is 2.67. The lowest BCUT2D eigenvalue weighted by Crippen LogP contribution is -1.91. The van der Waals surface area contributed by atoms with Crippen LogP contribution >= 0.6 is 11.6 Å². The van der Waals surface area contributed by atoms with Crippen molar-refractivity contribution in [2.45, 2.75) is 0 Å². The monoisotopic (exact) mass is 272 g/mol. The van der Waals surface area contributed by atoms with Crippen molar-refractivity contribution in [2.75, 3.05) is 11.5 Å². The number of rotatable bonds is 1. The summed E-state index contributed by atoms with van der Waals surface area (Å²) >= 11 is 6.47. The summed E-state index contributed by atoms with van der Waals surface area (Å²) in [4.78, 5) is 0. The van der Waals surface area contributed by atoms with Gasteiger partial charge in [-0.05, 0) is 23.8 Å². The number of fused-ring (bicyclic) bond motifs is 1. The van der Waals surface area contributed by atoms with Crippen LogP contribution in [0.5, 0.6) is 0 Å². The molecule has 0 saturated carbocycles. The molecule has 0 amide bonds. The van der Waals surface area contributed by atoms with Gasteiger partial charge in [-0.15, -0.1) is 0 Å². The number of aromatic nitrogens is 2. The minimum absolute atomic E-state index is 0.444. The molecule has 96 valence electrons. The minimum Gasteiger partial charge on any atom is -0.399 e. The quantitative estimate of drug-likeness (QED) is 0.669. The summed E-state index contributed by atoms with van der Waals surface area (Å²) in [6.07, 6.45) is 0. The number of aryl methyl sites for hydroxylation is 1. The maximum atomic E-state index is 6.47. The second-order valence-electron chi connectivity index (χ2n) is 4.45. The van der Waals surface area contributed by atoms with Crippen LogP contribution in [0.2, 0.25) is 5.02 Å². The number of nitrogens with zero attached hydrogens (tertiary/aromatic N) is 2. The minimum atomic E-state index is 0.444. The van der Waals surface area contributed by atoms with E-state index in [1.807, 2.05) is 43.4 Å². The standard InChI is InChI=1S/C14H13ClN4/c1-19-11-7-6-10(8-2-4-9(16)5-3-8)13(15)12(11)14(17)18-19/h2-7H,16H2,1H3,(H2,17,18). The van der Waals surface area contributed by atoms with Gasteiger partial charge in [0.1, 0.15) is 0 Å². The van der Waals surface area contributed by atoms with E-state index in [1.165, 1.54) is 0 Å². The van der Waals surface area contributed by atoms with Crippen molar-refractivity contribution in [3.63, 3.8) is 0 Å². The Labute approximate surface area is 115 Å². The molecule has 2 aromatic carbocycles. The van der Waals surface area contributed by atoms with Gasteiger partial charge in [-0.3, -0.25) is 4.68 Å². The van der Waals surface area contributed by atoms with Crippen molar-refractivity contribution < 1.29 is 0 Å². The van der Waals surface area contributed by atoms with Crippen LogP contribution in [-0.4, -0.2) is 9.78 Å².